The number of benzene rings is 2. The maximum atomic E-state index is 13.3. The molecular weight excluding hydrogens is 398 g/mol. The van der Waals surface area contributed by atoms with Crippen LogP contribution < -0.4 is 14.2 Å². The minimum absolute atomic E-state index is 0.114. The summed E-state index contributed by atoms with van der Waals surface area (Å²) in [5.41, 5.74) is 2.21. The molecule has 0 aliphatic carbocycles. The van der Waals surface area contributed by atoms with Crippen LogP contribution in [0, 0.1) is 0 Å². The van der Waals surface area contributed by atoms with Gasteiger partial charge in [-0.1, -0.05) is 30.3 Å². The van der Waals surface area contributed by atoms with E-state index >= 15 is 0 Å². The largest absolute Gasteiger partial charge is 0.489 e. The molecule has 30 heavy (non-hydrogen) atoms. The van der Waals surface area contributed by atoms with Crippen LogP contribution in [-0.2, 0) is 6.61 Å². The normalized spacial score (nSPS) is 17.7. The zero-order valence-corrected chi connectivity index (χ0v) is 17.4. The second-order valence-corrected chi connectivity index (χ2v) is 8.45. The molecule has 3 heterocycles. The lowest BCUT2D eigenvalue weighted by Crippen LogP contribution is -2.38. The second kappa shape index (κ2) is 8.40. The summed E-state index contributed by atoms with van der Waals surface area (Å²) in [5.74, 6) is 2.27. The van der Waals surface area contributed by atoms with Crippen molar-refractivity contribution in [3.63, 3.8) is 0 Å². The molecule has 2 aliphatic heterocycles. The van der Waals surface area contributed by atoms with Crippen LogP contribution in [0.1, 0.15) is 46.1 Å². The van der Waals surface area contributed by atoms with E-state index in [1.807, 2.05) is 52.7 Å². The maximum absolute atomic E-state index is 13.3. The number of nitrogens with zero attached hydrogens (tertiary/aromatic N) is 1. The summed E-state index contributed by atoms with van der Waals surface area (Å²) in [7, 11) is 0. The number of carbonyl (C=O) groups excluding carboxylic acids is 1. The monoisotopic (exact) mass is 421 g/mol. The van der Waals surface area contributed by atoms with Gasteiger partial charge in [0.15, 0.2) is 11.5 Å². The van der Waals surface area contributed by atoms with Crippen LogP contribution in [0.2, 0.25) is 0 Å². The van der Waals surface area contributed by atoms with Crippen LogP contribution in [0.5, 0.6) is 17.2 Å². The van der Waals surface area contributed by atoms with Gasteiger partial charge in [-0.2, -0.15) is 0 Å². The van der Waals surface area contributed by atoms with E-state index in [4.69, 9.17) is 14.2 Å². The highest BCUT2D eigenvalue weighted by atomic mass is 32.1. The van der Waals surface area contributed by atoms with E-state index < -0.39 is 0 Å². The van der Waals surface area contributed by atoms with Crippen molar-refractivity contribution >= 4 is 17.2 Å². The molecule has 2 aromatic carbocycles. The van der Waals surface area contributed by atoms with Crippen molar-refractivity contribution in [3.05, 3.63) is 76.0 Å². The Labute approximate surface area is 179 Å². The van der Waals surface area contributed by atoms with E-state index in [0.29, 0.717) is 12.4 Å². The van der Waals surface area contributed by atoms with Crippen molar-refractivity contribution in [1.29, 1.82) is 0 Å². The lowest BCUT2D eigenvalue weighted by atomic mass is 9.95. The summed E-state index contributed by atoms with van der Waals surface area (Å²) >= 11 is 1.49. The first-order chi connectivity index (χ1) is 14.8. The number of piperidine rings is 1. The highest BCUT2D eigenvalue weighted by molar-refractivity contribution is 7.12. The Morgan fingerprint density at radius 3 is 2.83 bits per heavy atom. The minimum Gasteiger partial charge on any atom is -0.489 e. The van der Waals surface area contributed by atoms with Crippen LogP contribution >= 0.6 is 11.3 Å². The zero-order chi connectivity index (χ0) is 20.3. The lowest BCUT2D eigenvalue weighted by molar-refractivity contribution is 0.0616. The fourth-order valence-electron chi connectivity index (χ4n) is 4.03. The Hall–Kier alpha value is -2.99. The molecule has 0 spiro atoms. The van der Waals surface area contributed by atoms with Crippen molar-refractivity contribution in [1.82, 2.24) is 4.90 Å². The molecule has 6 heteroatoms. The number of hydrogen-bond donors (Lipinski definition) is 0. The molecule has 0 radical (unpaired) electrons. The number of carbonyl (C=O) groups is 1. The summed E-state index contributed by atoms with van der Waals surface area (Å²) in [6.07, 6.45) is 3.23. The van der Waals surface area contributed by atoms with Crippen LogP contribution in [-0.4, -0.2) is 24.1 Å². The van der Waals surface area contributed by atoms with Crippen LogP contribution in [0.15, 0.2) is 60.0 Å². The minimum atomic E-state index is 0.114. The summed E-state index contributed by atoms with van der Waals surface area (Å²) in [5, 5.41) is 2.00. The summed E-state index contributed by atoms with van der Waals surface area (Å²) in [4.78, 5) is 16.1. The fourth-order valence-corrected chi connectivity index (χ4v) is 4.89. The summed E-state index contributed by atoms with van der Waals surface area (Å²) in [6, 6.07) is 18.0. The van der Waals surface area contributed by atoms with E-state index in [9.17, 15) is 4.79 Å². The van der Waals surface area contributed by atoms with E-state index in [1.54, 1.807) is 0 Å². The first-order valence-electron chi connectivity index (χ1n) is 10.2. The quantitative estimate of drug-likeness (QED) is 0.552. The first kappa shape index (κ1) is 19.0. The standard InChI is InChI=1S/C24H23NO4S/c26-24(25-11-5-4-8-20(25)18-6-2-1-3-7-18)23-12-17(15-30-23)14-27-19-9-10-21-22(13-19)29-16-28-21/h1-3,6-7,9-10,12-13,15,20H,4-5,8,11,14,16H2. The van der Waals surface area contributed by atoms with Gasteiger partial charge in [0.25, 0.3) is 5.91 Å². The number of ether oxygens (including phenoxy) is 3. The molecule has 0 N–H and O–H groups in total. The fraction of sp³-hybridized carbons (Fsp3) is 0.292. The molecule has 1 fully saturated rings. The van der Waals surface area contributed by atoms with Gasteiger partial charge in [-0.3, -0.25) is 4.79 Å². The van der Waals surface area contributed by atoms with Gasteiger partial charge in [0.05, 0.1) is 10.9 Å². The third kappa shape index (κ3) is 3.87. The number of rotatable bonds is 5. The molecule has 1 aromatic heterocycles. The van der Waals surface area contributed by atoms with E-state index in [-0.39, 0.29) is 18.7 Å². The molecule has 1 amide bonds. The van der Waals surface area contributed by atoms with Gasteiger partial charge in [-0.25, -0.2) is 0 Å². The van der Waals surface area contributed by atoms with Gasteiger partial charge in [0.1, 0.15) is 12.4 Å². The van der Waals surface area contributed by atoms with Crippen molar-refractivity contribution in [3.8, 4) is 17.2 Å². The molecular formula is C24H23NO4S. The summed E-state index contributed by atoms with van der Waals surface area (Å²) in [6.45, 7) is 1.46. The molecule has 0 saturated carbocycles. The van der Waals surface area contributed by atoms with Gasteiger partial charge in [-0.15, -0.1) is 11.3 Å². The second-order valence-electron chi connectivity index (χ2n) is 7.54. The van der Waals surface area contributed by atoms with Gasteiger partial charge < -0.3 is 19.1 Å². The van der Waals surface area contributed by atoms with Gasteiger partial charge in [0, 0.05) is 18.2 Å². The molecule has 1 atom stereocenters. The molecule has 1 unspecified atom stereocenters. The van der Waals surface area contributed by atoms with Crippen molar-refractivity contribution < 1.29 is 19.0 Å². The van der Waals surface area contributed by atoms with Crippen molar-refractivity contribution in [2.24, 2.45) is 0 Å². The molecule has 154 valence electrons. The number of amides is 1. The summed E-state index contributed by atoms with van der Waals surface area (Å²) < 4.78 is 16.6. The van der Waals surface area contributed by atoms with Gasteiger partial charge in [-0.05, 0) is 48.4 Å². The highest BCUT2D eigenvalue weighted by Gasteiger charge is 2.29. The van der Waals surface area contributed by atoms with Crippen molar-refractivity contribution in [2.75, 3.05) is 13.3 Å². The molecule has 0 bridgehead atoms. The molecule has 3 aromatic rings. The van der Waals surface area contributed by atoms with Gasteiger partial charge in [0.2, 0.25) is 6.79 Å². The first-order valence-corrected chi connectivity index (χ1v) is 11.1. The van der Waals surface area contributed by atoms with Crippen LogP contribution in [0.25, 0.3) is 0 Å². The van der Waals surface area contributed by atoms with Gasteiger partial charge >= 0.3 is 0 Å². The van der Waals surface area contributed by atoms with Crippen molar-refractivity contribution in [2.45, 2.75) is 31.9 Å². The molecule has 2 aliphatic rings. The Balaban J connectivity index is 1.26. The number of likely N-dealkylation sites (tertiary alicyclic amines) is 1. The molecule has 1 saturated heterocycles. The van der Waals surface area contributed by atoms with Crippen LogP contribution in [0.4, 0.5) is 0 Å². The Morgan fingerprint density at radius 1 is 1.07 bits per heavy atom. The Morgan fingerprint density at radius 2 is 1.93 bits per heavy atom. The topological polar surface area (TPSA) is 48.0 Å². The predicted octanol–water partition coefficient (Wildman–Crippen LogP) is 5.42. The number of thiophene rings is 1. The average molecular weight is 422 g/mol. The SMILES string of the molecule is O=C(c1cc(COc2ccc3c(c2)OCO3)cs1)N1CCCCC1c1ccccc1. The number of fused-ring (bicyclic) bond motifs is 1. The van der Waals surface area contributed by atoms with E-state index in [0.717, 1.165) is 47.7 Å². The smallest absolute Gasteiger partial charge is 0.264 e. The maximum Gasteiger partial charge on any atom is 0.264 e. The average Bonchev–Trinajstić information content (AvgIpc) is 3.47. The Bertz CT molecular complexity index is 1030. The molecule has 5 rings (SSSR count). The van der Waals surface area contributed by atoms with E-state index in [2.05, 4.69) is 12.1 Å². The van der Waals surface area contributed by atoms with Crippen LogP contribution in [0.3, 0.4) is 0 Å². The van der Waals surface area contributed by atoms with E-state index in [1.165, 1.54) is 16.9 Å². The molecule has 5 nitrogen and oxygen atoms in total. The lowest BCUT2D eigenvalue weighted by Gasteiger charge is -2.36. The zero-order valence-electron chi connectivity index (χ0n) is 16.6. The highest BCUT2D eigenvalue weighted by Crippen LogP contribution is 2.36. The predicted molar refractivity (Wildman–Crippen MR) is 115 cm³/mol. The number of hydrogen-bond acceptors (Lipinski definition) is 5. The third-order valence-corrected chi connectivity index (χ3v) is 6.53. The Kier molecular flexibility index (Phi) is 5.32. The third-order valence-electron chi connectivity index (χ3n) is 5.56.